The van der Waals surface area contributed by atoms with Crippen LogP contribution in [-0.4, -0.2) is 20.8 Å². The fourth-order valence-corrected chi connectivity index (χ4v) is 1.25. The van der Waals surface area contributed by atoms with Gasteiger partial charge < -0.3 is 4.74 Å². The molecule has 1 heterocycles. The van der Waals surface area contributed by atoms with Crippen LogP contribution in [0.1, 0.15) is 0 Å². The Morgan fingerprint density at radius 2 is 2.33 bits per heavy atom. The van der Waals surface area contributed by atoms with Crippen LogP contribution >= 0.6 is 0 Å². The summed E-state index contributed by atoms with van der Waals surface area (Å²) in [6, 6.07) is 0. The Morgan fingerprint density at radius 1 is 1.67 bits per heavy atom. The standard InChI is InChI=1S/C4H5NO3S/c1-8-4-5-2-3-9(4,6)7/h2-3H,1H3. The number of hydrogen-bond acceptors (Lipinski definition) is 4. The van der Waals surface area contributed by atoms with Gasteiger partial charge in [0.15, 0.2) is 0 Å². The highest BCUT2D eigenvalue weighted by atomic mass is 32.2. The Bertz CT molecular complexity index is 262. The van der Waals surface area contributed by atoms with Crippen LogP contribution in [0.3, 0.4) is 0 Å². The van der Waals surface area contributed by atoms with E-state index in [0.717, 1.165) is 5.41 Å². The van der Waals surface area contributed by atoms with Crippen LogP contribution < -0.4 is 0 Å². The van der Waals surface area contributed by atoms with E-state index in [9.17, 15) is 8.42 Å². The summed E-state index contributed by atoms with van der Waals surface area (Å²) < 4.78 is 25.7. The highest BCUT2D eigenvalue weighted by Gasteiger charge is 2.20. The van der Waals surface area contributed by atoms with Gasteiger partial charge in [-0.15, -0.1) is 0 Å². The summed E-state index contributed by atoms with van der Waals surface area (Å²) in [5.41, 5.74) is 0. The van der Waals surface area contributed by atoms with Crippen molar-refractivity contribution in [1.82, 2.24) is 0 Å². The average Bonchev–Trinajstić information content (AvgIpc) is 2.08. The Labute approximate surface area is 52.8 Å². The SMILES string of the molecule is COC1=NC=CS1(=O)=O. The third-order valence-corrected chi connectivity index (χ3v) is 2.08. The fraction of sp³-hybridized carbons (Fsp3) is 0.250. The molecule has 0 amide bonds. The molecule has 0 fully saturated rings. The zero-order valence-electron chi connectivity index (χ0n) is 4.73. The van der Waals surface area contributed by atoms with Crippen LogP contribution in [-0.2, 0) is 14.6 Å². The van der Waals surface area contributed by atoms with Gasteiger partial charge in [-0.1, -0.05) is 0 Å². The van der Waals surface area contributed by atoms with Crippen LogP contribution in [0.4, 0.5) is 0 Å². The fourth-order valence-electron chi connectivity index (χ4n) is 0.472. The van der Waals surface area contributed by atoms with E-state index in [2.05, 4.69) is 9.73 Å². The van der Waals surface area contributed by atoms with E-state index in [0.29, 0.717) is 0 Å². The molecule has 0 bridgehead atoms. The molecule has 0 aliphatic carbocycles. The molecule has 1 aliphatic rings. The molecule has 5 heteroatoms. The average molecular weight is 147 g/mol. The van der Waals surface area contributed by atoms with Crippen molar-refractivity contribution in [3.8, 4) is 0 Å². The number of rotatable bonds is 0. The summed E-state index contributed by atoms with van der Waals surface area (Å²) in [6.07, 6.45) is 1.19. The predicted molar refractivity (Wildman–Crippen MR) is 32.5 cm³/mol. The van der Waals surface area contributed by atoms with E-state index in [-0.39, 0.29) is 5.23 Å². The Morgan fingerprint density at radius 3 is 2.56 bits per heavy atom. The van der Waals surface area contributed by atoms with Gasteiger partial charge in [0, 0.05) is 6.20 Å². The first-order chi connectivity index (χ1) is 4.17. The molecule has 0 aromatic rings. The maximum atomic E-state index is 10.7. The maximum absolute atomic E-state index is 10.7. The van der Waals surface area contributed by atoms with Gasteiger partial charge in [0.2, 0.25) is 0 Å². The molecule has 4 nitrogen and oxygen atoms in total. The van der Waals surface area contributed by atoms with Gasteiger partial charge in [-0.05, 0) is 0 Å². The smallest absolute Gasteiger partial charge is 0.313 e. The molecule has 1 aliphatic heterocycles. The number of ether oxygens (including phenoxy) is 1. The van der Waals surface area contributed by atoms with Crippen LogP contribution in [0.2, 0.25) is 0 Å². The van der Waals surface area contributed by atoms with E-state index in [1.807, 2.05) is 0 Å². The van der Waals surface area contributed by atoms with Crippen molar-refractivity contribution in [2.45, 2.75) is 0 Å². The summed E-state index contributed by atoms with van der Waals surface area (Å²) >= 11 is 0. The molecule has 50 valence electrons. The molecule has 0 unspecified atom stereocenters. The topological polar surface area (TPSA) is 55.7 Å². The second-order valence-corrected chi connectivity index (χ2v) is 3.14. The Kier molecular flexibility index (Phi) is 1.28. The van der Waals surface area contributed by atoms with Crippen LogP contribution in [0.15, 0.2) is 16.6 Å². The quantitative estimate of drug-likeness (QED) is 0.480. The lowest BCUT2D eigenvalue weighted by Crippen LogP contribution is -2.09. The summed E-state index contributed by atoms with van der Waals surface area (Å²) in [5, 5.41) is 0.758. The minimum absolute atomic E-state index is 0.234. The van der Waals surface area contributed by atoms with Crippen molar-refractivity contribution in [2.24, 2.45) is 4.99 Å². The van der Waals surface area contributed by atoms with Crippen molar-refractivity contribution < 1.29 is 13.2 Å². The molecule has 0 aromatic carbocycles. The highest BCUT2D eigenvalue weighted by molar-refractivity contribution is 8.08. The second-order valence-electron chi connectivity index (χ2n) is 1.43. The minimum Gasteiger partial charge on any atom is -0.472 e. The lowest BCUT2D eigenvalue weighted by atomic mass is 11.0. The van der Waals surface area contributed by atoms with E-state index in [1.165, 1.54) is 13.3 Å². The zero-order chi connectivity index (χ0) is 6.91. The van der Waals surface area contributed by atoms with Crippen molar-refractivity contribution >= 4 is 15.1 Å². The van der Waals surface area contributed by atoms with Gasteiger partial charge in [-0.3, -0.25) is 0 Å². The Balaban J connectivity index is 3.07. The lowest BCUT2D eigenvalue weighted by molar-refractivity contribution is 0.412. The summed E-state index contributed by atoms with van der Waals surface area (Å²) in [7, 11) is -2.02. The number of hydrogen-bond donors (Lipinski definition) is 0. The molecule has 0 saturated carbocycles. The monoisotopic (exact) mass is 147 g/mol. The second kappa shape index (κ2) is 1.84. The molecular weight excluding hydrogens is 142 g/mol. The molecule has 0 radical (unpaired) electrons. The maximum Gasteiger partial charge on any atom is 0.313 e. The van der Waals surface area contributed by atoms with E-state index >= 15 is 0 Å². The number of sulfone groups is 1. The van der Waals surface area contributed by atoms with Crippen LogP contribution in [0.25, 0.3) is 0 Å². The predicted octanol–water partition coefficient (Wildman–Crippen LogP) is -0.112. The zero-order valence-corrected chi connectivity index (χ0v) is 5.55. The van der Waals surface area contributed by atoms with Gasteiger partial charge in [0.1, 0.15) is 0 Å². The van der Waals surface area contributed by atoms with Crippen molar-refractivity contribution in [3.63, 3.8) is 0 Å². The van der Waals surface area contributed by atoms with Gasteiger partial charge in [0.05, 0.1) is 12.5 Å². The van der Waals surface area contributed by atoms with Crippen LogP contribution in [0, 0.1) is 0 Å². The molecule has 0 spiro atoms. The number of methoxy groups -OCH3 is 1. The minimum atomic E-state index is -3.29. The summed E-state index contributed by atoms with van der Waals surface area (Å²) in [6.45, 7) is 0. The van der Waals surface area contributed by atoms with Crippen molar-refractivity contribution in [2.75, 3.05) is 7.11 Å². The van der Waals surface area contributed by atoms with Gasteiger partial charge in [-0.25, -0.2) is 13.4 Å². The first-order valence-electron chi connectivity index (χ1n) is 2.20. The molecule has 0 saturated heterocycles. The van der Waals surface area contributed by atoms with Crippen molar-refractivity contribution in [1.29, 1.82) is 0 Å². The van der Waals surface area contributed by atoms with Gasteiger partial charge in [-0.2, -0.15) is 0 Å². The number of nitrogens with zero attached hydrogens (tertiary/aromatic N) is 1. The molecular formula is C4H5NO3S. The third kappa shape index (κ3) is 0.951. The lowest BCUT2D eigenvalue weighted by Gasteiger charge is -1.93. The largest absolute Gasteiger partial charge is 0.472 e. The normalized spacial score (nSPS) is 21.7. The first kappa shape index (κ1) is 6.28. The van der Waals surface area contributed by atoms with Crippen LogP contribution in [0.5, 0.6) is 0 Å². The van der Waals surface area contributed by atoms with Crippen molar-refractivity contribution in [3.05, 3.63) is 11.6 Å². The Hall–Kier alpha value is -0.840. The van der Waals surface area contributed by atoms with Gasteiger partial charge >= 0.3 is 5.23 Å². The van der Waals surface area contributed by atoms with Gasteiger partial charge in [0.25, 0.3) is 9.84 Å². The third-order valence-electron chi connectivity index (χ3n) is 0.838. The summed E-state index contributed by atoms with van der Waals surface area (Å²) in [5.74, 6) is 0. The number of aliphatic imine (C=N–C) groups is 1. The molecule has 0 atom stereocenters. The summed E-state index contributed by atoms with van der Waals surface area (Å²) in [4.78, 5) is 3.43. The van der Waals surface area contributed by atoms with E-state index < -0.39 is 9.84 Å². The molecule has 0 N–H and O–H groups in total. The molecule has 1 rings (SSSR count). The molecule has 9 heavy (non-hydrogen) atoms. The highest BCUT2D eigenvalue weighted by Crippen LogP contribution is 2.05. The first-order valence-corrected chi connectivity index (χ1v) is 3.75. The van der Waals surface area contributed by atoms with E-state index in [4.69, 9.17) is 0 Å². The van der Waals surface area contributed by atoms with E-state index in [1.54, 1.807) is 0 Å². The molecule has 0 aromatic heterocycles.